The fourth-order valence-corrected chi connectivity index (χ4v) is 2.04. The number of anilines is 1. The topological polar surface area (TPSA) is 39.1 Å². The first-order valence-corrected chi connectivity index (χ1v) is 7.15. The number of benzene rings is 1. The minimum atomic E-state index is -0.0422. The quantitative estimate of drug-likeness (QED) is 0.779. The number of hydrogen-bond donors (Lipinski definition) is 1. The van der Waals surface area contributed by atoms with E-state index < -0.39 is 0 Å². The Bertz CT molecular complexity index is 391. The van der Waals surface area contributed by atoms with Gasteiger partial charge in [0, 0.05) is 18.8 Å². The van der Waals surface area contributed by atoms with Crippen molar-refractivity contribution >= 4 is 5.69 Å². The number of nitrogens with zero attached hydrogens (tertiary/aromatic N) is 2. The van der Waals surface area contributed by atoms with E-state index in [1.807, 2.05) is 0 Å². The highest BCUT2D eigenvalue weighted by Crippen LogP contribution is 2.15. The van der Waals surface area contributed by atoms with Gasteiger partial charge >= 0.3 is 0 Å². The van der Waals surface area contributed by atoms with Crippen LogP contribution < -0.4 is 10.2 Å². The second-order valence-electron chi connectivity index (χ2n) is 4.84. The summed E-state index contributed by atoms with van der Waals surface area (Å²) in [7, 11) is 0. The Balaban J connectivity index is 2.52. The molecule has 0 aliphatic rings. The van der Waals surface area contributed by atoms with Gasteiger partial charge in [0.25, 0.3) is 0 Å². The molecule has 1 atom stereocenters. The lowest BCUT2D eigenvalue weighted by molar-refractivity contribution is 0.557. The number of aryl methyl sites for hydroxylation is 1. The summed E-state index contributed by atoms with van der Waals surface area (Å²) in [5, 5.41) is 12.4. The van der Waals surface area contributed by atoms with E-state index in [-0.39, 0.29) is 6.04 Å². The third-order valence-corrected chi connectivity index (χ3v) is 3.27. The van der Waals surface area contributed by atoms with Crippen molar-refractivity contribution in [1.82, 2.24) is 5.32 Å². The first kappa shape index (κ1) is 15.5. The summed E-state index contributed by atoms with van der Waals surface area (Å²) in [6.45, 7) is 9.16. The van der Waals surface area contributed by atoms with E-state index in [1.165, 1.54) is 11.3 Å². The maximum atomic E-state index is 9.11. The molecule has 3 heteroatoms. The van der Waals surface area contributed by atoms with Gasteiger partial charge in [0.1, 0.15) is 0 Å². The Hall–Kier alpha value is -1.53. The molecule has 0 radical (unpaired) electrons. The van der Waals surface area contributed by atoms with Crippen LogP contribution in [0, 0.1) is 18.3 Å². The SMILES string of the molecule is CCCNC(C#N)CCN(CC)c1ccc(C)cc1. The molecule has 1 rings (SSSR count). The van der Waals surface area contributed by atoms with Gasteiger partial charge in [0.05, 0.1) is 12.1 Å². The number of rotatable bonds is 8. The Morgan fingerprint density at radius 3 is 2.47 bits per heavy atom. The van der Waals surface area contributed by atoms with Crippen LogP contribution in [0.15, 0.2) is 24.3 Å². The van der Waals surface area contributed by atoms with Crippen LogP contribution in [-0.4, -0.2) is 25.7 Å². The van der Waals surface area contributed by atoms with Gasteiger partial charge in [-0.3, -0.25) is 0 Å². The highest BCUT2D eigenvalue weighted by Gasteiger charge is 2.09. The van der Waals surface area contributed by atoms with Crippen molar-refractivity contribution in [2.45, 2.75) is 39.7 Å². The lowest BCUT2D eigenvalue weighted by atomic mass is 10.1. The van der Waals surface area contributed by atoms with E-state index >= 15 is 0 Å². The summed E-state index contributed by atoms with van der Waals surface area (Å²) in [5.41, 5.74) is 2.51. The van der Waals surface area contributed by atoms with Crippen molar-refractivity contribution in [2.75, 3.05) is 24.5 Å². The van der Waals surface area contributed by atoms with Crippen LogP contribution in [0.5, 0.6) is 0 Å². The van der Waals surface area contributed by atoms with Crippen molar-refractivity contribution in [2.24, 2.45) is 0 Å². The van der Waals surface area contributed by atoms with E-state index in [0.717, 1.165) is 32.5 Å². The largest absolute Gasteiger partial charge is 0.372 e. The van der Waals surface area contributed by atoms with Crippen LogP contribution in [0.4, 0.5) is 5.69 Å². The predicted octanol–water partition coefficient (Wildman–Crippen LogP) is 3.10. The van der Waals surface area contributed by atoms with Crippen LogP contribution in [0.1, 0.15) is 32.3 Å². The maximum Gasteiger partial charge on any atom is 0.0969 e. The summed E-state index contributed by atoms with van der Waals surface area (Å²) in [4.78, 5) is 2.32. The minimum Gasteiger partial charge on any atom is -0.372 e. The van der Waals surface area contributed by atoms with Crippen molar-refractivity contribution in [3.63, 3.8) is 0 Å². The Kier molecular flexibility index (Phi) is 6.99. The van der Waals surface area contributed by atoms with Crippen molar-refractivity contribution in [3.05, 3.63) is 29.8 Å². The summed E-state index contributed by atoms with van der Waals surface area (Å²) >= 11 is 0. The normalized spacial score (nSPS) is 11.9. The van der Waals surface area contributed by atoms with Crippen LogP contribution in [-0.2, 0) is 0 Å². The van der Waals surface area contributed by atoms with Gasteiger partial charge in [-0.15, -0.1) is 0 Å². The molecule has 0 amide bonds. The summed E-state index contributed by atoms with van der Waals surface area (Å²) in [5.74, 6) is 0. The molecule has 104 valence electrons. The Morgan fingerprint density at radius 2 is 1.95 bits per heavy atom. The number of nitriles is 1. The highest BCUT2D eigenvalue weighted by atomic mass is 15.1. The van der Waals surface area contributed by atoms with Crippen LogP contribution in [0.2, 0.25) is 0 Å². The zero-order chi connectivity index (χ0) is 14.1. The van der Waals surface area contributed by atoms with Crippen LogP contribution in [0.25, 0.3) is 0 Å². The van der Waals surface area contributed by atoms with E-state index in [4.69, 9.17) is 5.26 Å². The fourth-order valence-electron chi connectivity index (χ4n) is 2.04. The average Bonchev–Trinajstić information content (AvgIpc) is 2.44. The summed E-state index contributed by atoms with van der Waals surface area (Å²) in [6.07, 6.45) is 1.92. The molecular formula is C16H25N3. The van der Waals surface area contributed by atoms with Gasteiger partial charge in [-0.1, -0.05) is 24.6 Å². The average molecular weight is 259 g/mol. The maximum absolute atomic E-state index is 9.11. The molecule has 1 unspecified atom stereocenters. The smallest absolute Gasteiger partial charge is 0.0969 e. The molecule has 1 N–H and O–H groups in total. The lowest BCUT2D eigenvalue weighted by Crippen LogP contribution is -2.33. The molecule has 0 spiro atoms. The standard InChI is InChI=1S/C16H25N3/c1-4-11-18-15(13-17)10-12-19(5-2)16-8-6-14(3)7-9-16/h6-9,15,18H,4-5,10-12H2,1-3H3. The molecule has 0 heterocycles. The zero-order valence-electron chi connectivity index (χ0n) is 12.3. The van der Waals surface area contributed by atoms with E-state index in [0.29, 0.717) is 0 Å². The van der Waals surface area contributed by atoms with Gasteiger partial charge in [-0.25, -0.2) is 0 Å². The third-order valence-electron chi connectivity index (χ3n) is 3.27. The first-order chi connectivity index (χ1) is 9.21. The minimum absolute atomic E-state index is 0.0422. The molecule has 0 aliphatic heterocycles. The van der Waals surface area contributed by atoms with Gasteiger partial charge in [0.2, 0.25) is 0 Å². The molecule has 19 heavy (non-hydrogen) atoms. The number of nitrogens with one attached hydrogen (secondary N) is 1. The molecule has 0 saturated carbocycles. The lowest BCUT2D eigenvalue weighted by Gasteiger charge is -2.24. The zero-order valence-corrected chi connectivity index (χ0v) is 12.3. The predicted molar refractivity (Wildman–Crippen MR) is 81.4 cm³/mol. The van der Waals surface area contributed by atoms with Crippen molar-refractivity contribution < 1.29 is 0 Å². The third kappa shape index (κ3) is 5.32. The van der Waals surface area contributed by atoms with Gasteiger partial charge in [0.15, 0.2) is 0 Å². The summed E-state index contributed by atoms with van der Waals surface area (Å²) < 4.78 is 0. The molecule has 0 saturated heterocycles. The molecule has 0 aliphatic carbocycles. The van der Waals surface area contributed by atoms with Crippen molar-refractivity contribution in [1.29, 1.82) is 5.26 Å². The Morgan fingerprint density at radius 1 is 1.26 bits per heavy atom. The Labute approximate surface area is 117 Å². The highest BCUT2D eigenvalue weighted by molar-refractivity contribution is 5.47. The first-order valence-electron chi connectivity index (χ1n) is 7.15. The van der Waals surface area contributed by atoms with Crippen LogP contribution in [0.3, 0.4) is 0 Å². The number of hydrogen-bond acceptors (Lipinski definition) is 3. The molecule has 0 aromatic heterocycles. The van der Waals surface area contributed by atoms with E-state index in [1.54, 1.807) is 0 Å². The van der Waals surface area contributed by atoms with Gasteiger partial charge in [-0.2, -0.15) is 5.26 Å². The second-order valence-corrected chi connectivity index (χ2v) is 4.84. The molecule has 1 aromatic carbocycles. The molecule has 1 aromatic rings. The fraction of sp³-hybridized carbons (Fsp3) is 0.562. The molecular weight excluding hydrogens is 234 g/mol. The molecule has 0 fully saturated rings. The van der Waals surface area contributed by atoms with Crippen molar-refractivity contribution in [3.8, 4) is 6.07 Å². The van der Waals surface area contributed by atoms with Crippen LogP contribution >= 0.6 is 0 Å². The van der Waals surface area contributed by atoms with E-state index in [9.17, 15) is 0 Å². The second kappa shape index (κ2) is 8.55. The molecule has 0 bridgehead atoms. The molecule has 3 nitrogen and oxygen atoms in total. The van der Waals surface area contributed by atoms with Gasteiger partial charge < -0.3 is 10.2 Å². The van der Waals surface area contributed by atoms with Gasteiger partial charge in [-0.05, 0) is 45.4 Å². The monoisotopic (exact) mass is 259 g/mol. The van der Waals surface area contributed by atoms with E-state index in [2.05, 4.69) is 61.3 Å². The summed E-state index contributed by atoms with van der Waals surface area (Å²) in [6, 6.07) is 10.9.